The van der Waals surface area contributed by atoms with Gasteiger partial charge in [-0.05, 0) is 0 Å². The van der Waals surface area contributed by atoms with Gasteiger partial charge in [0.05, 0.1) is 0 Å². The van der Waals surface area contributed by atoms with E-state index in [1.807, 2.05) is 0 Å². The van der Waals surface area contributed by atoms with Crippen molar-refractivity contribution in [2.75, 3.05) is 0 Å². The van der Waals surface area contributed by atoms with Crippen LogP contribution in [0.1, 0.15) is 0 Å². The van der Waals surface area contributed by atoms with Gasteiger partial charge < -0.3 is 32.9 Å². The zero-order valence-corrected chi connectivity index (χ0v) is 6.37. The molecule has 0 saturated carbocycles. The minimum atomic E-state index is 0. The van der Waals surface area contributed by atoms with E-state index < -0.39 is 0 Å². The van der Waals surface area contributed by atoms with Gasteiger partial charge in [0.1, 0.15) is 0 Å². The summed E-state index contributed by atoms with van der Waals surface area (Å²) >= 11 is 0.300. The van der Waals surface area contributed by atoms with Crippen LogP contribution in [0.4, 0.5) is 0 Å². The molecule has 0 aliphatic carbocycles. The average Bonchev–Trinajstić information content (AvgIpc) is 1.00. The molecule has 0 aliphatic rings. The van der Waals surface area contributed by atoms with E-state index in [-0.39, 0.29) is 32.9 Å². The molecular weight excluding hydrogens is 203 g/mol. The van der Waals surface area contributed by atoms with E-state index >= 15 is 0 Å². The molecule has 0 amide bonds. The maximum atomic E-state index is 8.34. The van der Waals surface area contributed by atoms with Crippen LogP contribution in [-0.2, 0) is 27.5 Å². The van der Waals surface area contributed by atoms with Gasteiger partial charge in [-0.3, -0.25) is 0 Å². The molecule has 0 aromatic rings. The van der Waals surface area contributed by atoms with Crippen LogP contribution < -0.4 is 0 Å². The first kappa shape index (κ1) is 225. The molecule has 8 heteroatoms. The average molecular weight is 215 g/mol. The van der Waals surface area contributed by atoms with Crippen molar-refractivity contribution in [1.82, 2.24) is 0 Å². The van der Waals surface area contributed by atoms with Crippen molar-refractivity contribution in [3.05, 3.63) is 0 Å². The van der Waals surface area contributed by atoms with Crippen molar-refractivity contribution in [3.8, 4) is 0 Å². The van der Waals surface area contributed by atoms with Crippen LogP contribution >= 0.6 is 0 Å². The van der Waals surface area contributed by atoms with E-state index in [9.17, 15) is 0 Å². The summed E-state index contributed by atoms with van der Waals surface area (Å²) in [7, 11) is 0. The van der Waals surface area contributed by atoms with Gasteiger partial charge in [-0.25, -0.2) is 0 Å². The first-order valence-corrected chi connectivity index (χ1v) is 1.21. The van der Waals surface area contributed by atoms with E-state index in [0.717, 1.165) is 0 Å². The molecule has 12 N–H and O–H groups in total. The van der Waals surface area contributed by atoms with Crippen molar-refractivity contribution < 1.29 is 60.4 Å². The number of hydrogen-bond donors (Lipinski definition) is 0. The fraction of sp³-hybridized carbons (Fsp3) is 0. The van der Waals surface area contributed by atoms with Crippen molar-refractivity contribution in [3.63, 3.8) is 0 Å². The Hall–Kier alpha value is 0.443. The molecule has 0 unspecified atom stereocenters. The predicted octanol–water partition coefficient (Wildman–Crippen LogP) is -5.07. The standard InChI is InChI=1S/6H2O.O.Zr/h6*1H2;;. The number of hydrogen-bond acceptors (Lipinski definition) is 1. The van der Waals surface area contributed by atoms with Crippen LogP contribution in [0.5, 0.6) is 0 Å². The van der Waals surface area contributed by atoms with Crippen LogP contribution in [0.15, 0.2) is 0 Å². The summed E-state index contributed by atoms with van der Waals surface area (Å²) < 4.78 is 8.34. The fourth-order valence-corrected chi connectivity index (χ4v) is 0. The molecule has 0 atom stereocenters. The molecule has 0 spiro atoms. The molecule has 0 radical (unpaired) electrons. The Balaban J connectivity index is -0.000000000333. The van der Waals surface area contributed by atoms with Crippen molar-refractivity contribution in [1.29, 1.82) is 0 Å². The van der Waals surface area contributed by atoms with E-state index in [2.05, 4.69) is 0 Å². The molecule has 7 nitrogen and oxygen atoms in total. The molecule has 0 saturated heterocycles. The third kappa shape index (κ3) is 972. The van der Waals surface area contributed by atoms with Gasteiger partial charge in [-0.15, -0.1) is 0 Å². The summed E-state index contributed by atoms with van der Waals surface area (Å²) in [4.78, 5) is 0. The summed E-state index contributed by atoms with van der Waals surface area (Å²) in [6, 6.07) is 0. The van der Waals surface area contributed by atoms with E-state index in [1.54, 1.807) is 0 Å². The summed E-state index contributed by atoms with van der Waals surface area (Å²) in [5, 5.41) is 0. The molecule has 8 heavy (non-hydrogen) atoms. The SMILES string of the molecule is O.O.O.O.O.O.[O]=[Zr]. The van der Waals surface area contributed by atoms with E-state index in [0.29, 0.717) is 24.7 Å². The molecule has 0 aromatic heterocycles. The Morgan fingerprint density at radius 3 is 0.500 bits per heavy atom. The van der Waals surface area contributed by atoms with Crippen molar-refractivity contribution in [2.24, 2.45) is 0 Å². The zero-order valence-electron chi connectivity index (χ0n) is 3.91. The fourth-order valence-electron chi connectivity index (χ4n) is 0. The van der Waals surface area contributed by atoms with Gasteiger partial charge in [0.2, 0.25) is 0 Å². The Morgan fingerprint density at radius 2 is 0.500 bits per heavy atom. The van der Waals surface area contributed by atoms with Gasteiger partial charge in [0.15, 0.2) is 0 Å². The maximum absolute atomic E-state index is 8.34. The van der Waals surface area contributed by atoms with E-state index in [4.69, 9.17) is 2.81 Å². The summed E-state index contributed by atoms with van der Waals surface area (Å²) in [6.45, 7) is 0. The molecule has 0 heterocycles. The predicted molar refractivity (Wildman–Crippen MR) is 22.4 cm³/mol. The minimum absolute atomic E-state index is 0. The summed E-state index contributed by atoms with van der Waals surface area (Å²) in [5.74, 6) is 0. The van der Waals surface area contributed by atoms with Crippen LogP contribution in [0, 0.1) is 0 Å². The molecule has 0 aliphatic heterocycles. The first-order chi connectivity index (χ1) is 1.00. The van der Waals surface area contributed by atoms with Gasteiger partial charge in [-0.2, -0.15) is 0 Å². The Labute approximate surface area is 60.8 Å². The van der Waals surface area contributed by atoms with Crippen LogP contribution in [0.25, 0.3) is 0 Å². The zero-order chi connectivity index (χ0) is 2.00. The molecule has 0 bridgehead atoms. The first-order valence-electron chi connectivity index (χ1n) is 0.204. The normalized spacial score (nSPS) is 0.375. The topological polar surface area (TPSA) is 206 Å². The van der Waals surface area contributed by atoms with Gasteiger partial charge in [-0.1, -0.05) is 0 Å². The molecular formula is H12O7Zr. The third-order valence-electron chi connectivity index (χ3n) is 0. The molecule has 0 rings (SSSR count). The van der Waals surface area contributed by atoms with Crippen LogP contribution in [0.3, 0.4) is 0 Å². The third-order valence-corrected chi connectivity index (χ3v) is 0. The monoisotopic (exact) mass is 214 g/mol. The van der Waals surface area contributed by atoms with Gasteiger partial charge in [0, 0.05) is 0 Å². The second kappa shape index (κ2) is 1570. The van der Waals surface area contributed by atoms with E-state index in [1.165, 1.54) is 0 Å². The summed E-state index contributed by atoms with van der Waals surface area (Å²) in [5.41, 5.74) is 0. The van der Waals surface area contributed by atoms with Crippen LogP contribution in [0.2, 0.25) is 0 Å². The van der Waals surface area contributed by atoms with Gasteiger partial charge in [0.25, 0.3) is 0 Å². The van der Waals surface area contributed by atoms with Crippen molar-refractivity contribution >= 4 is 0 Å². The number of rotatable bonds is 0. The molecule has 0 aromatic carbocycles. The second-order valence-corrected chi connectivity index (χ2v) is 0. The second-order valence-electron chi connectivity index (χ2n) is 0. The summed E-state index contributed by atoms with van der Waals surface area (Å²) in [6.07, 6.45) is 0. The quantitative estimate of drug-likeness (QED) is 0.381. The molecule has 0 fully saturated rings. The van der Waals surface area contributed by atoms with Crippen molar-refractivity contribution in [2.45, 2.75) is 0 Å². The Bertz CT molecular complexity index is 4.35. The molecule has 58 valence electrons. The van der Waals surface area contributed by atoms with Gasteiger partial charge >= 0.3 is 27.5 Å². The van der Waals surface area contributed by atoms with Crippen LogP contribution in [-0.4, -0.2) is 32.9 Å². The Kier molecular flexibility index (Phi) is 44200. The Morgan fingerprint density at radius 1 is 0.500 bits per heavy atom.